The number of hydrogen-bond acceptors (Lipinski definition) is 7. The van der Waals surface area contributed by atoms with Crippen LogP contribution in [0.5, 0.6) is 0 Å². The number of hydrogen-bond donors (Lipinski definition) is 2. The van der Waals surface area contributed by atoms with Gasteiger partial charge in [0.15, 0.2) is 11.5 Å². The first-order valence-corrected chi connectivity index (χ1v) is 11.0. The number of anilines is 1. The summed E-state index contributed by atoms with van der Waals surface area (Å²) < 4.78 is 7.84. The Hall–Kier alpha value is -3.04. The highest BCUT2D eigenvalue weighted by molar-refractivity contribution is 5.82. The van der Waals surface area contributed by atoms with Crippen molar-refractivity contribution < 1.29 is 4.74 Å². The topological polar surface area (TPSA) is 96.8 Å². The molecule has 0 aliphatic carbocycles. The fourth-order valence-corrected chi connectivity index (χ4v) is 4.84. The Bertz CT molecular complexity index is 1200. The lowest BCUT2D eigenvalue weighted by Crippen LogP contribution is -2.52. The van der Waals surface area contributed by atoms with Gasteiger partial charge in [-0.15, -0.1) is 0 Å². The molecule has 1 atom stereocenters. The first-order chi connectivity index (χ1) is 15.3. The van der Waals surface area contributed by atoms with Gasteiger partial charge in [-0.2, -0.15) is 0 Å². The summed E-state index contributed by atoms with van der Waals surface area (Å²) in [6.07, 6.45) is 5.44. The zero-order valence-electron chi connectivity index (χ0n) is 17.5. The van der Waals surface area contributed by atoms with Gasteiger partial charge in [-0.1, -0.05) is 12.1 Å². The third kappa shape index (κ3) is 3.24. The molecule has 6 rings (SSSR count). The number of rotatable bonds is 5. The molecule has 0 saturated carbocycles. The highest BCUT2D eigenvalue weighted by Crippen LogP contribution is 2.33. The van der Waals surface area contributed by atoms with Gasteiger partial charge in [-0.05, 0) is 31.9 Å². The average molecular weight is 419 g/mol. The number of para-hydroxylation sites is 2. The number of nitrogens with zero attached hydrogens (tertiary/aromatic N) is 6. The van der Waals surface area contributed by atoms with E-state index >= 15 is 0 Å². The number of ether oxygens (including phenoxy) is 1. The molecule has 2 aliphatic rings. The Balaban J connectivity index is 1.32. The van der Waals surface area contributed by atoms with E-state index in [9.17, 15) is 0 Å². The van der Waals surface area contributed by atoms with Gasteiger partial charge in [0.1, 0.15) is 17.7 Å². The fraction of sp³-hybridized carbons (Fsp3) is 0.455. The number of aromatic nitrogens is 6. The van der Waals surface area contributed by atoms with Crippen molar-refractivity contribution in [3.05, 3.63) is 42.7 Å². The second-order valence-electron chi connectivity index (χ2n) is 8.48. The van der Waals surface area contributed by atoms with Crippen molar-refractivity contribution in [2.24, 2.45) is 0 Å². The van der Waals surface area contributed by atoms with Crippen molar-refractivity contribution in [3.8, 4) is 0 Å². The van der Waals surface area contributed by atoms with Crippen LogP contribution in [0.3, 0.4) is 0 Å². The third-order valence-corrected chi connectivity index (χ3v) is 6.58. The Morgan fingerprint density at radius 2 is 1.94 bits per heavy atom. The normalized spacial score (nSPS) is 19.6. The molecule has 160 valence electrons. The molecule has 31 heavy (non-hydrogen) atoms. The van der Waals surface area contributed by atoms with Crippen LogP contribution in [0.15, 0.2) is 36.9 Å². The Morgan fingerprint density at radius 1 is 1.10 bits per heavy atom. The molecule has 3 aromatic heterocycles. The van der Waals surface area contributed by atoms with Crippen LogP contribution >= 0.6 is 0 Å². The molecule has 2 fully saturated rings. The molecule has 1 aromatic carbocycles. The van der Waals surface area contributed by atoms with E-state index in [1.165, 1.54) is 5.52 Å². The van der Waals surface area contributed by atoms with Crippen LogP contribution in [0.4, 0.5) is 5.82 Å². The number of nitrogens with one attached hydrogen (secondary N) is 2. The zero-order valence-corrected chi connectivity index (χ0v) is 17.5. The molecular weight excluding hydrogens is 392 g/mol. The minimum absolute atomic E-state index is 0.0275. The number of fused-ring (bicyclic) bond motifs is 2. The number of piperidine rings is 1. The molecule has 0 radical (unpaired) electrons. The summed E-state index contributed by atoms with van der Waals surface area (Å²) in [5.41, 5.74) is 3.70. The molecule has 9 heteroatoms. The Kier molecular flexibility index (Phi) is 4.57. The minimum atomic E-state index is -0.0275. The van der Waals surface area contributed by atoms with E-state index in [4.69, 9.17) is 9.72 Å². The summed E-state index contributed by atoms with van der Waals surface area (Å²) in [7, 11) is 0. The molecule has 0 spiro atoms. The van der Waals surface area contributed by atoms with E-state index in [0.717, 1.165) is 67.5 Å². The lowest BCUT2D eigenvalue weighted by atomic mass is 10.0. The van der Waals surface area contributed by atoms with Crippen molar-refractivity contribution in [2.75, 3.05) is 31.6 Å². The first-order valence-electron chi connectivity index (χ1n) is 11.0. The van der Waals surface area contributed by atoms with Crippen LogP contribution in [0.1, 0.15) is 37.7 Å². The van der Waals surface area contributed by atoms with E-state index < -0.39 is 0 Å². The van der Waals surface area contributed by atoms with E-state index in [0.29, 0.717) is 12.1 Å². The maximum absolute atomic E-state index is 5.39. The van der Waals surface area contributed by atoms with Crippen LogP contribution < -0.4 is 5.32 Å². The van der Waals surface area contributed by atoms with E-state index in [-0.39, 0.29) is 6.04 Å². The first kappa shape index (κ1) is 18.7. The summed E-state index contributed by atoms with van der Waals surface area (Å²) >= 11 is 0. The number of benzene rings is 1. The number of aromatic amines is 1. The molecule has 0 unspecified atom stereocenters. The van der Waals surface area contributed by atoms with E-state index in [2.05, 4.69) is 65.9 Å². The maximum Gasteiger partial charge on any atom is 0.162 e. The highest BCUT2D eigenvalue weighted by atomic mass is 16.5. The van der Waals surface area contributed by atoms with Crippen molar-refractivity contribution in [2.45, 2.75) is 37.9 Å². The lowest BCUT2D eigenvalue weighted by molar-refractivity contribution is -0.0730. The van der Waals surface area contributed by atoms with Gasteiger partial charge in [-0.25, -0.2) is 19.9 Å². The molecule has 0 amide bonds. The van der Waals surface area contributed by atoms with Crippen LogP contribution in [-0.2, 0) is 4.74 Å². The number of H-pyrrole nitrogens is 1. The second-order valence-corrected chi connectivity index (χ2v) is 8.48. The minimum Gasteiger partial charge on any atom is -0.378 e. The third-order valence-electron chi connectivity index (χ3n) is 6.58. The van der Waals surface area contributed by atoms with Gasteiger partial charge in [0.05, 0.1) is 42.7 Å². The zero-order chi connectivity index (χ0) is 20.8. The summed E-state index contributed by atoms with van der Waals surface area (Å²) in [4.78, 5) is 23.7. The second kappa shape index (κ2) is 7.58. The molecule has 2 N–H and O–H groups in total. The Morgan fingerprint density at radius 3 is 2.74 bits per heavy atom. The van der Waals surface area contributed by atoms with Crippen LogP contribution in [-0.4, -0.2) is 66.7 Å². The van der Waals surface area contributed by atoms with Crippen LogP contribution in [0.25, 0.3) is 22.2 Å². The molecule has 9 nitrogen and oxygen atoms in total. The summed E-state index contributed by atoms with van der Waals surface area (Å²) in [5.74, 6) is 1.76. The average Bonchev–Trinajstić information content (AvgIpc) is 3.38. The summed E-state index contributed by atoms with van der Waals surface area (Å²) in [6.45, 7) is 6.11. The smallest absolute Gasteiger partial charge is 0.162 e. The van der Waals surface area contributed by atoms with Crippen molar-refractivity contribution >= 4 is 28.0 Å². The predicted molar refractivity (Wildman–Crippen MR) is 118 cm³/mol. The van der Waals surface area contributed by atoms with Crippen LogP contribution in [0.2, 0.25) is 0 Å². The standard InChI is InChI=1S/C22H26N8O/c1-14(27-21-19-20(24-12-23-19)25-13-26-21)22-28-17-4-2-3-5-18(17)30(22)15-6-8-29(9-7-15)16-10-31-11-16/h2-5,12-16H,6-11H2,1H3,(H2,23,24,25,26,27)/t14-/m0/s1. The summed E-state index contributed by atoms with van der Waals surface area (Å²) in [5, 5.41) is 3.53. The largest absolute Gasteiger partial charge is 0.378 e. The lowest BCUT2D eigenvalue weighted by Gasteiger charge is -2.42. The molecular formula is C22H26N8O. The SMILES string of the molecule is C[C@H](Nc1ncnc2[nH]cnc12)c1nc2ccccc2n1C1CCN(C2COC2)CC1. The molecule has 2 saturated heterocycles. The van der Waals surface area contributed by atoms with Crippen LogP contribution in [0, 0.1) is 0 Å². The Labute approximate surface area is 179 Å². The van der Waals surface area contributed by atoms with E-state index in [1.807, 2.05) is 0 Å². The van der Waals surface area contributed by atoms with Gasteiger partial charge in [0, 0.05) is 19.1 Å². The molecule has 0 bridgehead atoms. The monoisotopic (exact) mass is 418 g/mol. The van der Waals surface area contributed by atoms with Crippen molar-refractivity contribution in [1.82, 2.24) is 34.4 Å². The van der Waals surface area contributed by atoms with Crippen molar-refractivity contribution in [1.29, 1.82) is 0 Å². The van der Waals surface area contributed by atoms with Crippen molar-refractivity contribution in [3.63, 3.8) is 0 Å². The quantitative estimate of drug-likeness (QED) is 0.514. The predicted octanol–water partition coefficient (Wildman–Crippen LogP) is 2.91. The maximum atomic E-state index is 5.39. The fourth-order valence-electron chi connectivity index (χ4n) is 4.84. The molecule has 2 aliphatic heterocycles. The molecule has 4 aromatic rings. The van der Waals surface area contributed by atoms with Gasteiger partial charge in [0.25, 0.3) is 0 Å². The van der Waals surface area contributed by atoms with Gasteiger partial charge in [-0.3, -0.25) is 4.90 Å². The van der Waals surface area contributed by atoms with Gasteiger partial charge in [0.2, 0.25) is 0 Å². The molecule has 5 heterocycles. The van der Waals surface area contributed by atoms with E-state index in [1.54, 1.807) is 12.7 Å². The summed E-state index contributed by atoms with van der Waals surface area (Å²) in [6, 6.07) is 9.44. The highest BCUT2D eigenvalue weighted by Gasteiger charge is 2.32. The van der Waals surface area contributed by atoms with Gasteiger partial charge < -0.3 is 19.6 Å². The number of likely N-dealkylation sites (tertiary alicyclic amines) is 1. The number of imidazole rings is 2. The van der Waals surface area contributed by atoms with Gasteiger partial charge >= 0.3 is 0 Å².